The van der Waals surface area contributed by atoms with Crippen LogP contribution in [0.2, 0.25) is 0 Å². The predicted octanol–water partition coefficient (Wildman–Crippen LogP) is 1.51. The smallest absolute Gasteiger partial charge is 0.220 e. The first-order chi connectivity index (χ1) is 11.2. The number of piperidine rings is 1. The Morgan fingerprint density at radius 2 is 2.22 bits per heavy atom. The Hall–Kier alpha value is -1.73. The highest BCUT2D eigenvalue weighted by Gasteiger charge is 2.41. The van der Waals surface area contributed by atoms with Crippen LogP contribution in [0.3, 0.4) is 0 Å². The second-order valence-electron chi connectivity index (χ2n) is 6.67. The number of rotatable bonds is 3. The minimum atomic E-state index is 0.311. The van der Waals surface area contributed by atoms with Crippen LogP contribution in [0.1, 0.15) is 36.1 Å². The Morgan fingerprint density at radius 3 is 2.96 bits per heavy atom. The van der Waals surface area contributed by atoms with Gasteiger partial charge in [0.15, 0.2) is 0 Å². The average Bonchev–Trinajstić information content (AvgIpc) is 3.15. The van der Waals surface area contributed by atoms with Gasteiger partial charge in [-0.1, -0.05) is 0 Å². The molecule has 0 radical (unpaired) electrons. The quantitative estimate of drug-likeness (QED) is 0.854. The van der Waals surface area contributed by atoms with Crippen LogP contribution in [0.25, 0.3) is 0 Å². The van der Waals surface area contributed by atoms with Gasteiger partial charge in [0.2, 0.25) is 11.8 Å². The third kappa shape index (κ3) is 3.03. The van der Waals surface area contributed by atoms with E-state index in [1.54, 1.807) is 0 Å². The molecule has 7 nitrogen and oxygen atoms in total. The molecule has 2 fully saturated rings. The number of aromatic nitrogens is 4. The molecule has 2 aromatic rings. The first-order valence-corrected chi connectivity index (χ1v) is 8.30. The van der Waals surface area contributed by atoms with Crippen LogP contribution in [0.5, 0.6) is 0 Å². The third-order valence-electron chi connectivity index (χ3n) is 4.98. The second kappa shape index (κ2) is 6.05. The van der Waals surface area contributed by atoms with Gasteiger partial charge in [-0.3, -0.25) is 9.58 Å². The Labute approximate surface area is 135 Å². The molecule has 0 N–H and O–H groups in total. The summed E-state index contributed by atoms with van der Waals surface area (Å²) in [6.45, 7) is 5.64. The average molecular weight is 317 g/mol. The molecule has 0 amide bonds. The molecule has 0 aromatic carbocycles. The zero-order valence-electron chi connectivity index (χ0n) is 13.7. The number of ether oxygens (including phenoxy) is 1. The SMILES string of the molecule is Cc1nnc([C@@H]2CCO[C@@H]3CCN(Cc4cnn(C)c4)C[C@@H]32)o1. The van der Waals surface area contributed by atoms with Gasteiger partial charge in [0.25, 0.3) is 0 Å². The van der Waals surface area contributed by atoms with Gasteiger partial charge in [0, 0.05) is 63.8 Å². The maximum Gasteiger partial charge on any atom is 0.220 e. The molecule has 2 saturated heterocycles. The van der Waals surface area contributed by atoms with Crippen LogP contribution in [-0.4, -0.2) is 50.7 Å². The van der Waals surface area contributed by atoms with Crippen molar-refractivity contribution in [3.05, 3.63) is 29.7 Å². The van der Waals surface area contributed by atoms with Crippen LogP contribution in [0, 0.1) is 12.8 Å². The molecule has 0 bridgehead atoms. The number of likely N-dealkylation sites (tertiary alicyclic amines) is 1. The summed E-state index contributed by atoms with van der Waals surface area (Å²) in [5.74, 6) is 2.16. The van der Waals surface area contributed by atoms with E-state index in [1.165, 1.54) is 5.56 Å². The minimum Gasteiger partial charge on any atom is -0.425 e. The van der Waals surface area contributed by atoms with Crippen molar-refractivity contribution >= 4 is 0 Å². The molecule has 4 heterocycles. The van der Waals surface area contributed by atoms with Gasteiger partial charge in [0.1, 0.15) is 0 Å². The molecule has 0 aliphatic carbocycles. The van der Waals surface area contributed by atoms with Crippen LogP contribution >= 0.6 is 0 Å². The van der Waals surface area contributed by atoms with Gasteiger partial charge in [-0.25, -0.2) is 0 Å². The molecule has 2 aliphatic rings. The normalized spacial score (nSPS) is 28.7. The van der Waals surface area contributed by atoms with Crippen molar-refractivity contribution in [1.29, 1.82) is 0 Å². The lowest BCUT2D eigenvalue weighted by Gasteiger charge is -2.44. The molecule has 124 valence electrons. The van der Waals surface area contributed by atoms with Gasteiger partial charge >= 0.3 is 0 Å². The summed E-state index contributed by atoms with van der Waals surface area (Å²) in [4.78, 5) is 2.49. The molecule has 3 atom stereocenters. The van der Waals surface area contributed by atoms with E-state index in [2.05, 4.69) is 26.4 Å². The van der Waals surface area contributed by atoms with E-state index >= 15 is 0 Å². The fraction of sp³-hybridized carbons (Fsp3) is 0.688. The first-order valence-electron chi connectivity index (χ1n) is 8.30. The first kappa shape index (κ1) is 14.8. The molecule has 0 saturated carbocycles. The van der Waals surface area contributed by atoms with Crippen molar-refractivity contribution in [2.24, 2.45) is 13.0 Å². The van der Waals surface area contributed by atoms with E-state index in [0.29, 0.717) is 23.8 Å². The van der Waals surface area contributed by atoms with Crippen molar-refractivity contribution in [3.63, 3.8) is 0 Å². The lowest BCUT2D eigenvalue weighted by atomic mass is 9.79. The molecule has 2 aliphatic heterocycles. The summed E-state index contributed by atoms with van der Waals surface area (Å²) >= 11 is 0. The zero-order valence-corrected chi connectivity index (χ0v) is 13.7. The molecule has 2 aromatic heterocycles. The lowest BCUT2D eigenvalue weighted by molar-refractivity contribution is -0.0820. The summed E-state index contributed by atoms with van der Waals surface area (Å²) in [5, 5.41) is 12.5. The fourth-order valence-corrected chi connectivity index (χ4v) is 3.91. The molecule has 4 rings (SSSR count). The largest absolute Gasteiger partial charge is 0.425 e. The summed E-state index contributed by atoms with van der Waals surface area (Å²) in [7, 11) is 1.96. The Bertz CT molecular complexity index is 667. The standard InChI is InChI=1S/C16H23N5O2/c1-11-18-19-16(23-11)13-4-6-22-15-3-5-21(10-14(13)15)9-12-7-17-20(2)8-12/h7-8,13-15H,3-6,9-10H2,1-2H3/t13-,14-,15-/m1/s1. The van der Waals surface area contributed by atoms with E-state index < -0.39 is 0 Å². The van der Waals surface area contributed by atoms with E-state index in [9.17, 15) is 0 Å². The zero-order chi connectivity index (χ0) is 15.8. The Balaban J connectivity index is 1.49. The second-order valence-corrected chi connectivity index (χ2v) is 6.67. The summed E-state index contributed by atoms with van der Waals surface area (Å²) < 4.78 is 13.6. The summed E-state index contributed by atoms with van der Waals surface area (Å²) in [5.41, 5.74) is 1.26. The fourth-order valence-electron chi connectivity index (χ4n) is 3.91. The molecular formula is C16H23N5O2. The van der Waals surface area contributed by atoms with E-state index in [-0.39, 0.29) is 0 Å². The van der Waals surface area contributed by atoms with Gasteiger partial charge in [-0.15, -0.1) is 10.2 Å². The molecule has 0 spiro atoms. The van der Waals surface area contributed by atoms with E-state index in [0.717, 1.165) is 45.0 Å². The highest BCUT2D eigenvalue weighted by atomic mass is 16.5. The van der Waals surface area contributed by atoms with Crippen LogP contribution in [0.15, 0.2) is 16.8 Å². The molecule has 7 heteroatoms. The van der Waals surface area contributed by atoms with Gasteiger partial charge in [0.05, 0.1) is 12.3 Å². The highest BCUT2D eigenvalue weighted by Crippen LogP contribution is 2.39. The van der Waals surface area contributed by atoms with Gasteiger partial charge in [-0.2, -0.15) is 5.10 Å². The Kier molecular flexibility index (Phi) is 3.90. The highest BCUT2D eigenvalue weighted by molar-refractivity contribution is 5.06. The number of fused-ring (bicyclic) bond motifs is 1. The summed E-state index contributed by atoms with van der Waals surface area (Å²) in [6, 6.07) is 0. The summed E-state index contributed by atoms with van der Waals surface area (Å²) in [6.07, 6.45) is 6.37. The predicted molar refractivity (Wildman–Crippen MR) is 82.7 cm³/mol. The van der Waals surface area contributed by atoms with Gasteiger partial charge in [-0.05, 0) is 12.8 Å². The maximum absolute atomic E-state index is 6.01. The van der Waals surface area contributed by atoms with Crippen molar-refractivity contribution in [2.45, 2.75) is 38.3 Å². The maximum atomic E-state index is 6.01. The number of aryl methyl sites for hydroxylation is 2. The lowest BCUT2D eigenvalue weighted by Crippen LogP contribution is -2.48. The van der Waals surface area contributed by atoms with Crippen LogP contribution in [0.4, 0.5) is 0 Å². The molecule has 23 heavy (non-hydrogen) atoms. The number of hydrogen-bond acceptors (Lipinski definition) is 6. The molecular weight excluding hydrogens is 294 g/mol. The monoisotopic (exact) mass is 317 g/mol. The van der Waals surface area contributed by atoms with Crippen molar-refractivity contribution in [3.8, 4) is 0 Å². The van der Waals surface area contributed by atoms with E-state index in [4.69, 9.17) is 9.15 Å². The van der Waals surface area contributed by atoms with Crippen molar-refractivity contribution in [1.82, 2.24) is 24.9 Å². The third-order valence-corrected chi connectivity index (χ3v) is 4.98. The van der Waals surface area contributed by atoms with Crippen LogP contribution < -0.4 is 0 Å². The van der Waals surface area contributed by atoms with Gasteiger partial charge < -0.3 is 9.15 Å². The minimum absolute atomic E-state index is 0.311. The molecule has 0 unspecified atom stereocenters. The van der Waals surface area contributed by atoms with Crippen LogP contribution in [-0.2, 0) is 18.3 Å². The Morgan fingerprint density at radius 1 is 1.30 bits per heavy atom. The topological polar surface area (TPSA) is 69.2 Å². The number of nitrogens with zero attached hydrogens (tertiary/aromatic N) is 5. The van der Waals surface area contributed by atoms with Crippen molar-refractivity contribution < 1.29 is 9.15 Å². The van der Waals surface area contributed by atoms with Crippen molar-refractivity contribution in [2.75, 3.05) is 19.7 Å². The van der Waals surface area contributed by atoms with E-state index in [1.807, 2.05) is 24.9 Å². The number of hydrogen-bond donors (Lipinski definition) is 0.